The number of aromatic nitrogens is 2. The van der Waals surface area contributed by atoms with E-state index in [4.69, 9.17) is 0 Å². The van der Waals surface area contributed by atoms with E-state index in [1.807, 2.05) is 0 Å². The molecule has 1 aromatic rings. The fraction of sp³-hybridized carbons (Fsp3) is 0.286. The molecule has 0 spiro atoms. The molecular formula is C7H7BrN2O4S. The number of hydrogen-bond donors (Lipinski definition) is 0. The third-order valence-electron chi connectivity index (χ3n) is 1.43. The molecule has 6 nitrogen and oxygen atoms in total. The summed E-state index contributed by atoms with van der Waals surface area (Å²) < 4.78 is 26.9. The molecule has 0 atom stereocenters. The Balaban J connectivity index is 3.36. The molecule has 1 aromatic heterocycles. The lowest BCUT2D eigenvalue weighted by molar-refractivity contribution is 0.0591. The van der Waals surface area contributed by atoms with Gasteiger partial charge in [-0.3, -0.25) is 0 Å². The largest absolute Gasteiger partial charge is 0.464 e. The number of rotatable bonds is 2. The van der Waals surface area contributed by atoms with Crippen molar-refractivity contribution in [2.75, 3.05) is 13.4 Å². The Kier molecular flexibility index (Phi) is 3.40. The van der Waals surface area contributed by atoms with Crippen LogP contribution in [0.4, 0.5) is 0 Å². The molecule has 1 heterocycles. The average Bonchev–Trinajstić information content (AvgIpc) is 2.15. The Morgan fingerprint density at radius 1 is 1.53 bits per heavy atom. The Morgan fingerprint density at radius 2 is 2.13 bits per heavy atom. The van der Waals surface area contributed by atoms with E-state index in [1.165, 1.54) is 13.3 Å². The van der Waals surface area contributed by atoms with E-state index in [1.54, 1.807) is 0 Å². The third-order valence-corrected chi connectivity index (χ3v) is 2.87. The van der Waals surface area contributed by atoms with Gasteiger partial charge in [-0.2, -0.15) is 0 Å². The van der Waals surface area contributed by atoms with Gasteiger partial charge in [0, 0.05) is 12.5 Å². The van der Waals surface area contributed by atoms with Crippen molar-refractivity contribution < 1.29 is 17.9 Å². The lowest BCUT2D eigenvalue weighted by atomic mass is 10.4. The molecule has 0 N–H and O–H groups in total. The summed E-state index contributed by atoms with van der Waals surface area (Å²) in [4.78, 5) is 18.3. The van der Waals surface area contributed by atoms with E-state index in [-0.39, 0.29) is 10.2 Å². The van der Waals surface area contributed by atoms with E-state index in [2.05, 4.69) is 30.6 Å². The summed E-state index contributed by atoms with van der Waals surface area (Å²) in [7, 11) is -2.36. The van der Waals surface area contributed by atoms with Crippen molar-refractivity contribution in [3.05, 3.63) is 16.4 Å². The molecule has 0 unspecified atom stereocenters. The lowest BCUT2D eigenvalue weighted by Crippen LogP contribution is -2.11. The first-order valence-corrected chi connectivity index (χ1v) is 6.35. The number of ether oxygens (including phenoxy) is 1. The SMILES string of the molecule is COC(=O)c1nc(S(C)(=O)=O)ncc1Br. The smallest absolute Gasteiger partial charge is 0.358 e. The van der Waals surface area contributed by atoms with Crippen LogP contribution in [0.1, 0.15) is 10.5 Å². The highest BCUT2D eigenvalue weighted by atomic mass is 79.9. The van der Waals surface area contributed by atoms with Crippen LogP contribution in [0.2, 0.25) is 0 Å². The Morgan fingerprint density at radius 3 is 2.60 bits per heavy atom. The normalized spacial score (nSPS) is 11.1. The Labute approximate surface area is 94.7 Å². The summed E-state index contributed by atoms with van der Waals surface area (Å²) in [6, 6.07) is 0. The predicted octanol–water partition coefficient (Wildman–Crippen LogP) is 0.429. The van der Waals surface area contributed by atoms with Gasteiger partial charge in [0.15, 0.2) is 5.69 Å². The fourth-order valence-electron chi connectivity index (χ4n) is 0.769. The summed E-state index contributed by atoms with van der Waals surface area (Å²) in [6.07, 6.45) is 2.15. The Bertz CT molecular complexity index is 500. The zero-order valence-electron chi connectivity index (χ0n) is 7.89. The molecule has 0 aliphatic heterocycles. The molecule has 0 aliphatic rings. The maximum Gasteiger partial charge on any atom is 0.358 e. The third kappa shape index (κ3) is 2.72. The van der Waals surface area contributed by atoms with Crippen LogP contribution in [0, 0.1) is 0 Å². The average molecular weight is 295 g/mol. The summed E-state index contributed by atoms with van der Waals surface area (Å²) in [6.45, 7) is 0. The number of methoxy groups -OCH3 is 1. The Hall–Kier alpha value is -1.02. The molecule has 0 fully saturated rings. The topological polar surface area (TPSA) is 86.2 Å². The van der Waals surface area contributed by atoms with Crippen LogP contribution in [-0.4, -0.2) is 37.7 Å². The summed E-state index contributed by atoms with van der Waals surface area (Å²) in [5.74, 6) is -0.728. The van der Waals surface area contributed by atoms with Gasteiger partial charge < -0.3 is 4.74 Å². The van der Waals surface area contributed by atoms with Crippen molar-refractivity contribution in [2.24, 2.45) is 0 Å². The molecule has 0 aliphatic carbocycles. The van der Waals surface area contributed by atoms with E-state index in [0.29, 0.717) is 0 Å². The number of esters is 1. The number of halogens is 1. The summed E-state index contributed by atoms with van der Waals surface area (Å²) in [5.41, 5.74) is -0.118. The highest BCUT2D eigenvalue weighted by Gasteiger charge is 2.18. The second-order valence-electron chi connectivity index (χ2n) is 2.61. The first-order valence-electron chi connectivity index (χ1n) is 3.67. The molecule has 0 aromatic carbocycles. The maximum absolute atomic E-state index is 11.2. The molecular weight excluding hydrogens is 288 g/mol. The molecule has 0 saturated carbocycles. The van der Waals surface area contributed by atoms with Crippen LogP contribution in [-0.2, 0) is 14.6 Å². The van der Waals surface area contributed by atoms with Gasteiger partial charge >= 0.3 is 5.97 Å². The van der Waals surface area contributed by atoms with Crippen LogP contribution in [0.15, 0.2) is 15.8 Å². The van der Waals surface area contributed by atoms with Gasteiger partial charge in [0.05, 0.1) is 11.6 Å². The molecule has 0 amide bonds. The van der Waals surface area contributed by atoms with E-state index in [0.717, 1.165) is 6.26 Å². The van der Waals surface area contributed by atoms with Crippen molar-refractivity contribution in [1.29, 1.82) is 0 Å². The van der Waals surface area contributed by atoms with Crippen molar-refractivity contribution in [3.8, 4) is 0 Å². The highest BCUT2D eigenvalue weighted by Crippen LogP contribution is 2.15. The number of sulfone groups is 1. The molecule has 0 saturated heterocycles. The minimum Gasteiger partial charge on any atom is -0.464 e. The zero-order valence-corrected chi connectivity index (χ0v) is 10.3. The van der Waals surface area contributed by atoms with Crippen molar-refractivity contribution >= 4 is 31.7 Å². The quantitative estimate of drug-likeness (QED) is 0.581. The zero-order chi connectivity index (χ0) is 11.6. The monoisotopic (exact) mass is 294 g/mol. The lowest BCUT2D eigenvalue weighted by Gasteiger charge is -2.02. The van der Waals surface area contributed by atoms with Crippen LogP contribution in [0.5, 0.6) is 0 Å². The maximum atomic E-state index is 11.2. The van der Waals surface area contributed by atoms with E-state index in [9.17, 15) is 13.2 Å². The van der Waals surface area contributed by atoms with Gasteiger partial charge in [-0.1, -0.05) is 0 Å². The van der Waals surface area contributed by atoms with Gasteiger partial charge in [-0.15, -0.1) is 0 Å². The molecule has 15 heavy (non-hydrogen) atoms. The summed E-state index contributed by atoms with van der Waals surface area (Å²) >= 11 is 3.02. The van der Waals surface area contributed by atoms with Crippen LogP contribution < -0.4 is 0 Å². The number of carbonyl (C=O) groups excluding carboxylic acids is 1. The molecule has 0 bridgehead atoms. The second kappa shape index (κ2) is 4.23. The van der Waals surface area contributed by atoms with Gasteiger partial charge in [0.2, 0.25) is 15.0 Å². The van der Waals surface area contributed by atoms with E-state index >= 15 is 0 Å². The molecule has 1 rings (SSSR count). The van der Waals surface area contributed by atoms with Crippen molar-refractivity contribution in [3.63, 3.8) is 0 Å². The molecule has 82 valence electrons. The number of carbonyl (C=O) groups is 1. The second-order valence-corrected chi connectivity index (χ2v) is 5.38. The molecule has 8 heteroatoms. The number of nitrogens with zero attached hydrogens (tertiary/aromatic N) is 2. The molecule has 0 radical (unpaired) electrons. The van der Waals surface area contributed by atoms with E-state index < -0.39 is 21.0 Å². The predicted molar refractivity (Wildman–Crippen MR) is 54.2 cm³/mol. The first kappa shape index (κ1) is 12.1. The van der Waals surface area contributed by atoms with Gasteiger partial charge in [0.1, 0.15) is 0 Å². The number of hydrogen-bond acceptors (Lipinski definition) is 6. The van der Waals surface area contributed by atoms with Gasteiger partial charge in [-0.25, -0.2) is 23.2 Å². The highest BCUT2D eigenvalue weighted by molar-refractivity contribution is 9.10. The summed E-state index contributed by atoms with van der Waals surface area (Å²) in [5, 5.41) is -0.411. The van der Waals surface area contributed by atoms with Crippen LogP contribution in [0.3, 0.4) is 0 Å². The van der Waals surface area contributed by atoms with Crippen molar-refractivity contribution in [2.45, 2.75) is 5.16 Å². The fourth-order valence-corrected chi connectivity index (χ4v) is 1.62. The first-order chi connectivity index (χ1) is 6.86. The minimum atomic E-state index is -3.53. The van der Waals surface area contributed by atoms with Gasteiger partial charge in [0.25, 0.3) is 0 Å². The van der Waals surface area contributed by atoms with Gasteiger partial charge in [-0.05, 0) is 15.9 Å². The van der Waals surface area contributed by atoms with Crippen LogP contribution in [0.25, 0.3) is 0 Å². The standard InChI is InChI=1S/C7H7BrN2O4S/c1-14-6(11)5-4(8)3-9-7(10-5)15(2,12)13/h3H,1-2H3. The minimum absolute atomic E-state index is 0.118. The van der Waals surface area contributed by atoms with Crippen molar-refractivity contribution in [1.82, 2.24) is 9.97 Å². The van der Waals surface area contributed by atoms with Crippen LogP contribution >= 0.6 is 15.9 Å².